The van der Waals surface area contributed by atoms with E-state index in [4.69, 9.17) is 4.42 Å². The number of hydrogen-bond donors (Lipinski definition) is 0. The van der Waals surface area contributed by atoms with Gasteiger partial charge in [-0.2, -0.15) is 0 Å². The van der Waals surface area contributed by atoms with Crippen molar-refractivity contribution in [2.75, 3.05) is 6.54 Å². The number of nitrogens with zero attached hydrogens (tertiary/aromatic N) is 4. The van der Waals surface area contributed by atoms with Crippen LogP contribution in [0.1, 0.15) is 58.7 Å². The quantitative estimate of drug-likeness (QED) is 0.481. The molecule has 0 aliphatic carbocycles. The van der Waals surface area contributed by atoms with Crippen LogP contribution in [0.15, 0.2) is 59.3 Å². The molecule has 4 aromatic rings. The zero-order valence-corrected chi connectivity index (χ0v) is 17.3. The van der Waals surface area contributed by atoms with E-state index in [0.717, 1.165) is 36.2 Å². The lowest BCUT2D eigenvalue weighted by atomic mass is 10.0. The average molecular weight is 418 g/mol. The van der Waals surface area contributed by atoms with Gasteiger partial charge in [-0.1, -0.05) is 18.2 Å². The van der Waals surface area contributed by atoms with E-state index in [2.05, 4.69) is 9.97 Å². The molecule has 6 nitrogen and oxygen atoms in total. The molecule has 3 aromatic heterocycles. The Labute approximate surface area is 179 Å². The number of imidazole rings is 1. The first-order valence-electron chi connectivity index (χ1n) is 10.5. The highest BCUT2D eigenvalue weighted by Gasteiger charge is 2.33. The molecule has 158 valence electrons. The summed E-state index contributed by atoms with van der Waals surface area (Å²) in [6, 6.07) is 12.0. The number of hydrogen-bond acceptors (Lipinski definition) is 4. The number of carbonyl (C=O) groups is 1. The summed E-state index contributed by atoms with van der Waals surface area (Å²) in [5, 5.41) is 0. The first-order chi connectivity index (χ1) is 15.1. The van der Waals surface area contributed by atoms with Crippen LogP contribution < -0.4 is 0 Å². The Morgan fingerprint density at radius 3 is 2.94 bits per heavy atom. The van der Waals surface area contributed by atoms with E-state index in [0.29, 0.717) is 30.3 Å². The summed E-state index contributed by atoms with van der Waals surface area (Å²) in [7, 11) is 0. The van der Waals surface area contributed by atoms with E-state index in [1.165, 1.54) is 12.1 Å². The predicted octanol–water partition coefficient (Wildman–Crippen LogP) is 4.73. The molecule has 0 unspecified atom stereocenters. The first-order valence-corrected chi connectivity index (χ1v) is 10.5. The minimum Gasteiger partial charge on any atom is -0.443 e. The second kappa shape index (κ2) is 7.98. The maximum atomic E-state index is 13.5. The summed E-state index contributed by atoms with van der Waals surface area (Å²) in [4.78, 5) is 24.1. The van der Waals surface area contributed by atoms with E-state index >= 15 is 0 Å². The van der Waals surface area contributed by atoms with Crippen molar-refractivity contribution >= 4 is 11.6 Å². The molecule has 1 fully saturated rings. The van der Waals surface area contributed by atoms with E-state index in [1.807, 2.05) is 40.5 Å². The second-order valence-corrected chi connectivity index (χ2v) is 8.00. The van der Waals surface area contributed by atoms with E-state index in [-0.39, 0.29) is 17.8 Å². The van der Waals surface area contributed by atoms with Gasteiger partial charge in [0, 0.05) is 24.9 Å². The number of likely N-dealkylation sites (tertiary alicyclic amines) is 1. The molecule has 7 heteroatoms. The van der Waals surface area contributed by atoms with Crippen LogP contribution in [0.25, 0.3) is 5.65 Å². The smallest absolute Gasteiger partial charge is 0.274 e. The van der Waals surface area contributed by atoms with Crippen LogP contribution in [0.5, 0.6) is 0 Å². The van der Waals surface area contributed by atoms with Crippen molar-refractivity contribution in [1.82, 2.24) is 19.3 Å². The topological polar surface area (TPSA) is 63.6 Å². The Hall–Kier alpha value is -3.48. The van der Waals surface area contributed by atoms with Crippen molar-refractivity contribution in [3.63, 3.8) is 0 Å². The fourth-order valence-electron chi connectivity index (χ4n) is 4.24. The molecule has 1 aromatic carbocycles. The van der Waals surface area contributed by atoms with Crippen LogP contribution in [0.2, 0.25) is 0 Å². The van der Waals surface area contributed by atoms with Crippen molar-refractivity contribution in [3.05, 3.63) is 89.3 Å². The lowest BCUT2D eigenvalue weighted by molar-refractivity contribution is 0.0564. The number of aryl methyl sites for hydroxylation is 1. The number of benzene rings is 1. The Morgan fingerprint density at radius 1 is 1.23 bits per heavy atom. The van der Waals surface area contributed by atoms with Gasteiger partial charge in [0.15, 0.2) is 0 Å². The molecule has 1 amide bonds. The van der Waals surface area contributed by atoms with Gasteiger partial charge in [-0.3, -0.25) is 4.79 Å². The number of pyridine rings is 1. The number of aromatic nitrogens is 3. The maximum absolute atomic E-state index is 13.5. The average Bonchev–Trinajstić information content (AvgIpc) is 3.41. The van der Waals surface area contributed by atoms with Gasteiger partial charge in [-0.15, -0.1) is 0 Å². The van der Waals surface area contributed by atoms with Crippen molar-refractivity contribution in [1.29, 1.82) is 0 Å². The lowest BCUT2D eigenvalue weighted by Gasteiger charge is -2.33. The SMILES string of the molecule is Cc1cccc2nc(C(=O)N3CCCC[C@@H]3c3ncc(Cc4cccc(F)c4)o3)cn12. The number of fused-ring (bicyclic) bond motifs is 1. The number of halogens is 1. The zero-order chi connectivity index (χ0) is 21.4. The van der Waals surface area contributed by atoms with Crippen molar-refractivity contribution < 1.29 is 13.6 Å². The van der Waals surface area contributed by atoms with Crippen molar-refractivity contribution in [2.24, 2.45) is 0 Å². The Bertz CT molecular complexity index is 1250. The molecule has 1 saturated heterocycles. The van der Waals surface area contributed by atoms with Gasteiger partial charge in [0.05, 0.1) is 6.20 Å². The summed E-state index contributed by atoms with van der Waals surface area (Å²) in [6.07, 6.45) is 6.65. The summed E-state index contributed by atoms with van der Waals surface area (Å²) in [5.74, 6) is 0.794. The van der Waals surface area contributed by atoms with Crippen LogP contribution in [-0.2, 0) is 6.42 Å². The molecule has 31 heavy (non-hydrogen) atoms. The molecule has 0 N–H and O–H groups in total. The number of rotatable bonds is 4. The predicted molar refractivity (Wildman–Crippen MR) is 113 cm³/mol. The van der Waals surface area contributed by atoms with Crippen LogP contribution in [-0.4, -0.2) is 31.7 Å². The number of piperidine rings is 1. The molecule has 1 atom stereocenters. The molecular formula is C24H23FN4O2. The van der Waals surface area contributed by atoms with Gasteiger partial charge in [0.1, 0.15) is 29.0 Å². The Kier molecular flexibility index (Phi) is 5.02. The van der Waals surface area contributed by atoms with Crippen molar-refractivity contribution in [3.8, 4) is 0 Å². The summed E-state index contributed by atoms with van der Waals surface area (Å²) in [6.45, 7) is 2.62. The first kappa shape index (κ1) is 19.5. The molecule has 1 aliphatic heterocycles. The molecule has 0 radical (unpaired) electrons. The van der Waals surface area contributed by atoms with Gasteiger partial charge in [0.25, 0.3) is 5.91 Å². The molecule has 4 heterocycles. The summed E-state index contributed by atoms with van der Waals surface area (Å²) in [5.41, 5.74) is 3.02. The van der Waals surface area contributed by atoms with Crippen LogP contribution in [0, 0.1) is 12.7 Å². The minimum absolute atomic E-state index is 0.113. The highest BCUT2D eigenvalue weighted by molar-refractivity contribution is 5.93. The fourth-order valence-corrected chi connectivity index (χ4v) is 4.24. The van der Waals surface area contributed by atoms with Gasteiger partial charge in [-0.05, 0) is 56.0 Å². The third-order valence-corrected chi connectivity index (χ3v) is 5.80. The van der Waals surface area contributed by atoms with E-state index in [1.54, 1.807) is 18.5 Å². The molecule has 0 bridgehead atoms. The molecule has 5 rings (SSSR count). The fraction of sp³-hybridized carbons (Fsp3) is 0.292. The maximum Gasteiger partial charge on any atom is 0.274 e. The molecular weight excluding hydrogens is 395 g/mol. The van der Waals surface area contributed by atoms with Crippen molar-refractivity contribution in [2.45, 2.75) is 38.6 Å². The number of amides is 1. The monoisotopic (exact) mass is 418 g/mol. The van der Waals surface area contributed by atoms with Crippen LogP contribution in [0.4, 0.5) is 4.39 Å². The van der Waals surface area contributed by atoms with Gasteiger partial charge >= 0.3 is 0 Å². The number of oxazole rings is 1. The summed E-state index contributed by atoms with van der Waals surface area (Å²) < 4.78 is 21.4. The van der Waals surface area contributed by atoms with Gasteiger partial charge in [0.2, 0.25) is 5.89 Å². The van der Waals surface area contributed by atoms with Gasteiger partial charge < -0.3 is 13.7 Å². The largest absolute Gasteiger partial charge is 0.443 e. The summed E-state index contributed by atoms with van der Waals surface area (Å²) >= 11 is 0. The molecule has 0 spiro atoms. The highest BCUT2D eigenvalue weighted by atomic mass is 19.1. The lowest BCUT2D eigenvalue weighted by Crippen LogP contribution is -2.38. The number of carbonyl (C=O) groups excluding carboxylic acids is 1. The van der Waals surface area contributed by atoms with Crippen LogP contribution >= 0.6 is 0 Å². The van der Waals surface area contributed by atoms with E-state index in [9.17, 15) is 9.18 Å². The standard InChI is InChI=1S/C24H23FN4O2/c1-16-6-4-10-22-27-20(15-29(16)22)24(30)28-11-3-2-9-21(28)23-26-14-19(31-23)13-17-7-5-8-18(25)12-17/h4-8,10,12,14-15,21H,2-3,9,11,13H2,1H3/t21-/m1/s1. The van der Waals surface area contributed by atoms with Crippen LogP contribution in [0.3, 0.4) is 0 Å². The molecule has 1 aliphatic rings. The van der Waals surface area contributed by atoms with Gasteiger partial charge in [-0.25, -0.2) is 14.4 Å². The third kappa shape index (κ3) is 3.83. The normalized spacial score (nSPS) is 16.7. The Morgan fingerprint density at radius 2 is 2.10 bits per heavy atom. The minimum atomic E-state index is -0.274. The highest BCUT2D eigenvalue weighted by Crippen LogP contribution is 2.32. The third-order valence-electron chi connectivity index (χ3n) is 5.80. The second-order valence-electron chi connectivity index (χ2n) is 8.00. The zero-order valence-electron chi connectivity index (χ0n) is 17.3. The molecule has 0 saturated carbocycles. The Balaban J connectivity index is 1.39. The van der Waals surface area contributed by atoms with E-state index < -0.39 is 0 Å².